The first-order chi connectivity index (χ1) is 8.59. The molecule has 94 valence electrons. The van der Waals surface area contributed by atoms with Crippen molar-refractivity contribution in [3.8, 4) is 5.75 Å². The van der Waals surface area contributed by atoms with E-state index in [1.54, 1.807) is 12.1 Å². The van der Waals surface area contributed by atoms with E-state index in [4.69, 9.17) is 27.9 Å². The highest BCUT2D eigenvalue weighted by Crippen LogP contribution is 2.35. The van der Waals surface area contributed by atoms with Gasteiger partial charge in [0.2, 0.25) is 11.9 Å². The fraction of sp³-hybridized carbons (Fsp3) is 0.0833. The molecule has 0 bridgehead atoms. The highest BCUT2D eigenvalue weighted by atomic mass is 35.5. The molecule has 0 N–H and O–H groups in total. The van der Waals surface area contributed by atoms with E-state index in [1.807, 2.05) is 18.2 Å². The maximum atomic E-state index is 13.1. The third-order valence-corrected chi connectivity index (χ3v) is 2.84. The van der Waals surface area contributed by atoms with Gasteiger partial charge in [-0.3, -0.25) is 0 Å². The molecule has 2 aromatic rings. The Morgan fingerprint density at radius 2 is 1.56 bits per heavy atom. The van der Waals surface area contributed by atoms with Crippen LogP contribution in [0.5, 0.6) is 5.75 Å². The summed E-state index contributed by atoms with van der Waals surface area (Å²) in [5.41, 5.74) is 0.822. The fourth-order valence-electron chi connectivity index (χ4n) is 1.32. The second-order valence-electron chi connectivity index (χ2n) is 3.42. The Morgan fingerprint density at radius 3 is 2.11 bits per heavy atom. The van der Waals surface area contributed by atoms with E-state index < -0.39 is 21.9 Å². The first-order valence-corrected chi connectivity index (χ1v) is 5.72. The Morgan fingerprint density at radius 1 is 1.00 bits per heavy atom. The molecule has 0 atom stereocenters. The molecule has 0 amide bonds. The normalized spacial score (nSPS) is 10.4. The van der Waals surface area contributed by atoms with Gasteiger partial charge in [0, 0.05) is 0 Å². The maximum absolute atomic E-state index is 13.1. The van der Waals surface area contributed by atoms with Gasteiger partial charge in [-0.2, -0.15) is 13.8 Å². The maximum Gasteiger partial charge on any atom is 0.238 e. The van der Waals surface area contributed by atoms with Crippen LogP contribution in [-0.4, -0.2) is 4.98 Å². The first kappa shape index (κ1) is 13.1. The molecule has 2 nitrogen and oxygen atoms in total. The van der Waals surface area contributed by atoms with Crippen LogP contribution >= 0.6 is 23.2 Å². The third kappa shape index (κ3) is 2.71. The molecule has 0 saturated carbocycles. The molecule has 0 radical (unpaired) electrons. The summed E-state index contributed by atoms with van der Waals surface area (Å²) in [6.07, 6.45) is 0. The van der Waals surface area contributed by atoms with Gasteiger partial charge in [0.05, 0.1) is 0 Å². The van der Waals surface area contributed by atoms with Crippen LogP contribution in [0.3, 0.4) is 0 Å². The smallest absolute Gasteiger partial charge is 0.238 e. The van der Waals surface area contributed by atoms with Crippen LogP contribution in [0.4, 0.5) is 8.78 Å². The lowest BCUT2D eigenvalue weighted by molar-refractivity contribution is 0.301. The molecule has 0 aliphatic rings. The Bertz CT molecular complexity index is 537. The summed E-state index contributed by atoms with van der Waals surface area (Å²) in [4.78, 5) is 2.91. The topological polar surface area (TPSA) is 22.1 Å². The Balaban J connectivity index is 2.24. The second-order valence-corrected chi connectivity index (χ2v) is 4.18. The summed E-state index contributed by atoms with van der Waals surface area (Å²) in [5, 5.41) is -0.866. The zero-order chi connectivity index (χ0) is 13.1. The lowest BCUT2D eigenvalue weighted by atomic mass is 10.2. The van der Waals surface area contributed by atoms with E-state index in [2.05, 4.69) is 4.98 Å². The van der Waals surface area contributed by atoms with Crippen LogP contribution in [0.25, 0.3) is 0 Å². The summed E-state index contributed by atoms with van der Waals surface area (Å²) in [5.74, 6) is -2.55. The molecule has 0 spiro atoms. The van der Waals surface area contributed by atoms with Crippen molar-refractivity contribution in [2.45, 2.75) is 6.61 Å². The van der Waals surface area contributed by atoms with Crippen LogP contribution in [0.15, 0.2) is 30.3 Å². The molecular weight excluding hydrogens is 283 g/mol. The number of hydrogen-bond donors (Lipinski definition) is 0. The summed E-state index contributed by atoms with van der Waals surface area (Å²) in [7, 11) is 0. The van der Waals surface area contributed by atoms with Crippen LogP contribution in [-0.2, 0) is 6.61 Å². The molecule has 1 heterocycles. The molecule has 1 aromatic carbocycles. The molecule has 6 heteroatoms. The number of hydrogen-bond acceptors (Lipinski definition) is 2. The molecule has 1 aromatic heterocycles. The van der Waals surface area contributed by atoms with Crippen molar-refractivity contribution in [3.63, 3.8) is 0 Å². The van der Waals surface area contributed by atoms with Crippen LogP contribution < -0.4 is 4.74 Å². The van der Waals surface area contributed by atoms with Crippen molar-refractivity contribution < 1.29 is 13.5 Å². The molecular formula is C12H7Cl2F2NO. The van der Waals surface area contributed by atoms with E-state index >= 15 is 0 Å². The van der Waals surface area contributed by atoms with Crippen molar-refractivity contribution in [1.29, 1.82) is 0 Å². The molecule has 0 aliphatic carbocycles. The van der Waals surface area contributed by atoms with Gasteiger partial charge >= 0.3 is 0 Å². The fourth-order valence-corrected chi connectivity index (χ4v) is 1.76. The van der Waals surface area contributed by atoms with Gasteiger partial charge in [0.15, 0.2) is 5.75 Å². The molecule has 0 fully saturated rings. The SMILES string of the molecule is Fc1nc(F)c(Cl)c(OCc2ccccc2)c1Cl. The Kier molecular flexibility index (Phi) is 3.99. The minimum Gasteiger partial charge on any atom is -0.485 e. The third-order valence-electron chi connectivity index (χ3n) is 2.18. The summed E-state index contributed by atoms with van der Waals surface area (Å²) in [6.45, 7) is 0.100. The molecule has 0 saturated heterocycles. The summed E-state index contributed by atoms with van der Waals surface area (Å²) >= 11 is 11.2. The number of rotatable bonds is 3. The van der Waals surface area contributed by atoms with Gasteiger partial charge in [0.1, 0.15) is 16.7 Å². The number of halogens is 4. The minimum absolute atomic E-state index is 0.100. The zero-order valence-corrected chi connectivity index (χ0v) is 10.5. The van der Waals surface area contributed by atoms with Crippen LogP contribution in [0.1, 0.15) is 5.56 Å². The van der Waals surface area contributed by atoms with Gasteiger partial charge in [0.25, 0.3) is 0 Å². The van der Waals surface area contributed by atoms with Crippen molar-refractivity contribution >= 4 is 23.2 Å². The Labute approximate surface area is 112 Å². The highest BCUT2D eigenvalue weighted by molar-refractivity contribution is 6.37. The minimum atomic E-state index is -1.15. The van der Waals surface area contributed by atoms with Crippen molar-refractivity contribution in [2.75, 3.05) is 0 Å². The predicted octanol–water partition coefficient (Wildman–Crippen LogP) is 4.25. The molecule has 0 aliphatic heterocycles. The first-order valence-electron chi connectivity index (χ1n) is 4.96. The van der Waals surface area contributed by atoms with Crippen molar-refractivity contribution in [3.05, 3.63) is 57.8 Å². The molecule has 0 unspecified atom stereocenters. The van der Waals surface area contributed by atoms with Crippen molar-refractivity contribution in [2.24, 2.45) is 0 Å². The standard InChI is InChI=1S/C12H7Cl2F2NO/c13-8-10(9(14)12(16)17-11(8)15)18-6-7-4-2-1-3-5-7/h1-5H,6H2. The zero-order valence-electron chi connectivity index (χ0n) is 8.96. The number of pyridine rings is 1. The monoisotopic (exact) mass is 289 g/mol. The number of aromatic nitrogens is 1. The van der Waals surface area contributed by atoms with E-state index in [1.165, 1.54) is 0 Å². The number of ether oxygens (including phenoxy) is 1. The van der Waals surface area contributed by atoms with Gasteiger partial charge in [-0.15, -0.1) is 0 Å². The lowest BCUT2D eigenvalue weighted by Gasteiger charge is -2.10. The van der Waals surface area contributed by atoms with Crippen LogP contribution in [0.2, 0.25) is 10.0 Å². The lowest BCUT2D eigenvalue weighted by Crippen LogP contribution is -2.01. The number of benzene rings is 1. The van der Waals surface area contributed by atoms with E-state index in [9.17, 15) is 8.78 Å². The van der Waals surface area contributed by atoms with Gasteiger partial charge < -0.3 is 4.74 Å². The van der Waals surface area contributed by atoms with E-state index in [0.29, 0.717) is 0 Å². The highest BCUT2D eigenvalue weighted by Gasteiger charge is 2.19. The van der Waals surface area contributed by atoms with Gasteiger partial charge in [-0.25, -0.2) is 0 Å². The largest absolute Gasteiger partial charge is 0.485 e. The van der Waals surface area contributed by atoms with Crippen LogP contribution in [0, 0.1) is 11.9 Å². The summed E-state index contributed by atoms with van der Waals surface area (Å²) < 4.78 is 31.5. The number of nitrogens with zero attached hydrogens (tertiary/aromatic N) is 1. The van der Waals surface area contributed by atoms with E-state index in [-0.39, 0.29) is 12.4 Å². The van der Waals surface area contributed by atoms with Crippen molar-refractivity contribution in [1.82, 2.24) is 4.98 Å². The second kappa shape index (κ2) is 5.50. The molecule has 18 heavy (non-hydrogen) atoms. The predicted molar refractivity (Wildman–Crippen MR) is 64.9 cm³/mol. The average Bonchev–Trinajstić information content (AvgIpc) is 2.38. The van der Waals surface area contributed by atoms with Gasteiger partial charge in [-0.05, 0) is 5.56 Å². The van der Waals surface area contributed by atoms with E-state index in [0.717, 1.165) is 5.56 Å². The quantitative estimate of drug-likeness (QED) is 0.788. The molecule has 2 rings (SSSR count). The average molecular weight is 290 g/mol. The Hall–Kier alpha value is -1.39. The van der Waals surface area contributed by atoms with Gasteiger partial charge in [-0.1, -0.05) is 53.5 Å². The summed E-state index contributed by atoms with van der Waals surface area (Å²) in [6, 6.07) is 9.08.